The smallest absolute Gasteiger partial charge is 0.273 e. The number of carbonyl (C=O) groups is 1. The van der Waals surface area contributed by atoms with Crippen molar-refractivity contribution in [1.82, 2.24) is 24.6 Å². The predicted molar refractivity (Wildman–Crippen MR) is 79.0 cm³/mol. The van der Waals surface area contributed by atoms with Crippen LogP contribution in [0, 0.1) is 0 Å². The molecule has 0 atom stereocenters. The van der Waals surface area contributed by atoms with Crippen molar-refractivity contribution >= 4 is 17.2 Å². The summed E-state index contributed by atoms with van der Waals surface area (Å²) in [6.07, 6.45) is 2.78. The minimum atomic E-state index is -0.0927. The molecule has 0 aliphatic carbocycles. The summed E-state index contributed by atoms with van der Waals surface area (Å²) in [5.41, 5.74) is 5.98. The Kier molecular flexibility index (Phi) is 3.98. The summed E-state index contributed by atoms with van der Waals surface area (Å²) in [6, 6.07) is 0. The number of nitrogens with two attached hydrogens (primary N) is 1. The quantitative estimate of drug-likeness (QED) is 0.866. The zero-order valence-corrected chi connectivity index (χ0v) is 12.8. The number of rotatable bonds is 5. The molecule has 1 amide bonds. The summed E-state index contributed by atoms with van der Waals surface area (Å²) in [6.45, 7) is 1.94. The Morgan fingerprint density at radius 2 is 2.38 bits per heavy atom. The molecule has 8 heteroatoms. The van der Waals surface area contributed by atoms with E-state index in [2.05, 4.69) is 19.7 Å². The molecule has 3 rings (SSSR count). The van der Waals surface area contributed by atoms with Gasteiger partial charge in [-0.2, -0.15) is 0 Å². The minimum absolute atomic E-state index is 0.0927. The fourth-order valence-corrected chi connectivity index (χ4v) is 3.24. The van der Waals surface area contributed by atoms with E-state index in [4.69, 9.17) is 5.73 Å². The van der Waals surface area contributed by atoms with E-state index in [9.17, 15) is 4.79 Å². The largest absolute Gasteiger partial charge is 0.333 e. The summed E-state index contributed by atoms with van der Waals surface area (Å²) >= 11 is 1.48. The molecule has 0 bridgehead atoms. The topological polar surface area (TPSA) is 89.9 Å². The molecule has 21 heavy (non-hydrogen) atoms. The zero-order chi connectivity index (χ0) is 14.8. The summed E-state index contributed by atoms with van der Waals surface area (Å²) in [4.78, 5) is 18.3. The van der Waals surface area contributed by atoms with Gasteiger partial charge in [0.1, 0.15) is 11.5 Å². The number of carbonyl (C=O) groups excluding carboxylic acids is 1. The lowest BCUT2D eigenvalue weighted by molar-refractivity contribution is 0.0775. The fourth-order valence-electron chi connectivity index (χ4n) is 2.45. The number of hydrogen-bond donors (Lipinski definition) is 1. The van der Waals surface area contributed by atoms with Crippen LogP contribution in [0.1, 0.15) is 33.6 Å². The number of amides is 1. The maximum Gasteiger partial charge on any atom is 0.273 e. The van der Waals surface area contributed by atoms with E-state index in [1.54, 1.807) is 17.3 Å². The van der Waals surface area contributed by atoms with Crippen LogP contribution >= 0.6 is 11.3 Å². The number of nitrogens with zero attached hydrogens (tertiary/aromatic N) is 5. The first-order valence-electron chi connectivity index (χ1n) is 7.00. The van der Waals surface area contributed by atoms with E-state index in [1.807, 2.05) is 0 Å². The third-order valence-electron chi connectivity index (χ3n) is 3.54. The van der Waals surface area contributed by atoms with Crippen molar-refractivity contribution in [3.05, 3.63) is 27.7 Å². The lowest BCUT2D eigenvalue weighted by atomic mass is 10.4. The molecule has 1 aliphatic rings. The van der Waals surface area contributed by atoms with Crippen molar-refractivity contribution < 1.29 is 4.79 Å². The van der Waals surface area contributed by atoms with Gasteiger partial charge < -0.3 is 15.2 Å². The fraction of sp³-hybridized carbons (Fsp3) is 0.538. The van der Waals surface area contributed by atoms with Gasteiger partial charge in [-0.05, 0) is 13.0 Å². The minimum Gasteiger partial charge on any atom is -0.333 e. The average molecular weight is 306 g/mol. The SMILES string of the molecule is CN(Cc1nnc2n1CCC2)C(=O)c1csc(CCN)n1. The first kappa shape index (κ1) is 14.2. The molecule has 1 aliphatic heterocycles. The number of aryl methyl sites for hydroxylation is 1. The third kappa shape index (κ3) is 2.81. The van der Waals surface area contributed by atoms with Crippen LogP contribution in [0.15, 0.2) is 5.38 Å². The molecule has 2 aromatic rings. The standard InChI is InChI=1S/C13H18N6OS/c1-18(7-11-17-16-10-3-2-6-19(10)11)13(20)9-8-21-12(15-9)4-5-14/h8H,2-7,14H2,1H3. The van der Waals surface area contributed by atoms with Crippen LogP contribution in [0.3, 0.4) is 0 Å². The Balaban J connectivity index is 1.69. The highest BCUT2D eigenvalue weighted by atomic mass is 32.1. The number of hydrogen-bond acceptors (Lipinski definition) is 6. The molecular formula is C13H18N6OS. The number of fused-ring (bicyclic) bond motifs is 1. The van der Waals surface area contributed by atoms with E-state index >= 15 is 0 Å². The van der Waals surface area contributed by atoms with Gasteiger partial charge in [-0.1, -0.05) is 0 Å². The third-order valence-corrected chi connectivity index (χ3v) is 4.45. The zero-order valence-electron chi connectivity index (χ0n) is 11.9. The van der Waals surface area contributed by atoms with Crippen LogP contribution in [0.4, 0.5) is 0 Å². The second kappa shape index (κ2) is 5.90. The summed E-state index contributed by atoms with van der Waals surface area (Å²) < 4.78 is 2.10. The molecule has 0 fully saturated rings. The van der Waals surface area contributed by atoms with Crippen molar-refractivity contribution in [3.8, 4) is 0 Å². The van der Waals surface area contributed by atoms with Crippen LogP contribution < -0.4 is 5.73 Å². The van der Waals surface area contributed by atoms with Crippen molar-refractivity contribution in [1.29, 1.82) is 0 Å². The molecule has 0 saturated carbocycles. The van der Waals surface area contributed by atoms with Gasteiger partial charge in [-0.25, -0.2) is 4.98 Å². The molecular weight excluding hydrogens is 288 g/mol. The summed E-state index contributed by atoms with van der Waals surface area (Å²) in [5.74, 6) is 1.77. The molecule has 0 radical (unpaired) electrons. The summed E-state index contributed by atoms with van der Waals surface area (Å²) in [7, 11) is 1.76. The van der Waals surface area contributed by atoms with Crippen molar-refractivity contribution in [2.45, 2.75) is 32.4 Å². The van der Waals surface area contributed by atoms with Gasteiger partial charge >= 0.3 is 0 Å². The van der Waals surface area contributed by atoms with Gasteiger partial charge in [0.25, 0.3) is 5.91 Å². The summed E-state index contributed by atoms with van der Waals surface area (Å²) in [5, 5.41) is 11.0. The predicted octanol–water partition coefficient (Wildman–Crippen LogP) is 0.454. The highest BCUT2D eigenvalue weighted by molar-refractivity contribution is 7.09. The van der Waals surface area contributed by atoms with E-state index in [-0.39, 0.29) is 5.91 Å². The Hall–Kier alpha value is -1.80. The molecule has 0 unspecified atom stereocenters. The normalized spacial score (nSPS) is 13.4. The van der Waals surface area contributed by atoms with Gasteiger partial charge in [0.05, 0.1) is 11.6 Å². The van der Waals surface area contributed by atoms with Crippen LogP contribution in [0.5, 0.6) is 0 Å². The maximum absolute atomic E-state index is 12.4. The molecule has 0 spiro atoms. The second-order valence-corrected chi connectivity index (χ2v) is 6.06. The molecule has 2 aromatic heterocycles. The van der Waals surface area contributed by atoms with Crippen LogP contribution in [-0.4, -0.2) is 44.1 Å². The molecule has 112 valence electrons. The molecule has 2 N–H and O–H groups in total. The number of thiazole rings is 1. The maximum atomic E-state index is 12.4. The monoisotopic (exact) mass is 306 g/mol. The Morgan fingerprint density at radius 1 is 1.52 bits per heavy atom. The molecule has 7 nitrogen and oxygen atoms in total. The lowest BCUT2D eigenvalue weighted by Crippen LogP contribution is -2.28. The first-order chi connectivity index (χ1) is 10.2. The van der Waals surface area contributed by atoms with Crippen LogP contribution in [0.25, 0.3) is 0 Å². The first-order valence-corrected chi connectivity index (χ1v) is 7.88. The van der Waals surface area contributed by atoms with E-state index in [0.717, 1.165) is 36.0 Å². The van der Waals surface area contributed by atoms with Crippen molar-refractivity contribution in [3.63, 3.8) is 0 Å². The van der Waals surface area contributed by atoms with Crippen LogP contribution in [0.2, 0.25) is 0 Å². The molecule has 3 heterocycles. The Labute approximate surface area is 126 Å². The Morgan fingerprint density at radius 3 is 3.19 bits per heavy atom. The van der Waals surface area contributed by atoms with E-state index < -0.39 is 0 Å². The second-order valence-electron chi connectivity index (χ2n) is 5.11. The van der Waals surface area contributed by atoms with Crippen molar-refractivity contribution in [2.75, 3.05) is 13.6 Å². The van der Waals surface area contributed by atoms with Gasteiger partial charge in [-0.15, -0.1) is 21.5 Å². The Bertz CT molecular complexity index is 649. The van der Waals surface area contributed by atoms with Crippen molar-refractivity contribution in [2.24, 2.45) is 5.73 Å². The highest BCUT2D eigenvalue weighted by Crippen LogP contribution is 2.16. The van der Waals surface area contributed by atoms with Gasteiger partial charge in [-0.3, -0.25) is 4.79 Å². The van der Waals surface area contributed by atoms with Crippen LogP contribution in [-0.2, 0) is 25.9 Å². The van der Waals surface area contributed by atoms with E-state index in [1.165, 1.54) is 11.3 Å². The van der Waals surface area contributed by atoms with Gasteiger partial charge in [0.15, 0.2) is 5.82 Å². The average Bonchev–Trinajstić information content (AvgIpc) is 3.16. The molecule has 0 saturated heterocycles. The van der Waals surface area contributed by atoms with Gasteiger partial charge in [0.2, 0.25) is 0 Å². The number of aromatic nitrogens is 4. The van der Waals surface area contributed by atoms with Gasteiger partial charge in [0, 0.05) is 31.8 Å². The molecule has 0 aromatic carbocycles. The highest BCUT2D eigenvalue weighted by Gasteiger charge is 2.21. The van der Waals surface area contributed by atoms with E-state index in [0.29, 0.717) is 25.2 Å². The lowest BCUT2D eigenvalue weighted by Gasteiger charge is -2.15.